The third-order valence-electron chi connectivity index (χ3n) is 7.18. The Hall–Kier alpha value is -2.86. The van der Waals surface area contributed by atoms with Crippen LogP contribution in [-0.4, -0.2) is 20.5 Å². The van der Waals surface area contributed by atoms with Gasteiger partial charge in [0, 0.05) is 11.5 Å². The maximum atomic E-state index is 14.1. The third-order valence-corrected chi connectivity index (χ3v) is 7.18. The van der Waals surface area contributed by atoms with Gasteiger partial charge in [-0.15, -0.1) is 0 Å². The first-order valence-electron chi connectivity index (χ1n) is 10.5. The molecule has 0 saturated heterocycles. The Morgan fingerprint density at radius 2 is 1.81 bits per heavy atom. The molecule has 31 heavy (non-hydrogen) atoms. The van der Waals surface area contributed by atoms with Crippen LogP contribution in [0.15, 0.2) is 54.2 Å². The first kappa shape index (κ1) is 20.1. The quantitative estimate of drug-likeness (QED) is 0.610. The molecule has 160 valence electrons. The number of halogens is 3. The van der Waals surface area contributed by atoms with E-state index >= 15 is 0 Å². The Kier molecular flexibility index (Phi) is 4.59. The van der Waals surface area contributed by atoms with Crippen molar-refractivity contribution in [3.05, 3.63) is 88.5 Å². The summed E-state index contributed by atoms with van der Waals surface area (Å²) in [6.07, 6.45) is 6.58. The Morgan fingerprint density at radius 1 is 1.06 bits per heavy atom. The highest BCUT2D eigenvalue weighted by molar-refractivity contribution is 5.62. The predicted octanol–water partition coefficient (Wildman–Crippen LogP) is 5.39. The summed E-state index contributed by atoms with van der Waals surface area (Å²) in [5, 5.41) is 16.1. The summed E-state index contributed by atoms with van der Waals surface area (Å²) in [5.74, 6) is -1.47. The molecule has 0 amide bonds. The lowest BCUT2D eigenvalue weighted by molar-refractivity contribution is -0.0462. The predicted molar refractivity (Wildman–Crippen MR) is 112 cm³/mol. The first-order chi connectivity index (χ1) is 14.8. The lowest BCUT2D eigenvalue weighted by atomic mass is 9.65. The van der Waals surface area contributed by atoms with Gasteiger partial charge in [0.15, 0.2) is 0 Å². The van der Waals surface area contributed by atoms with Gasteiger partial charge >= 0.3 is 0 Å². The van der Waals surface area contributed by atoms with Crippen LogP contribution in [0.25, 0.3) is 11.8 Å². The summed E-state index contributed by atoms with van der Waals surface area (Å²) in [6.45, 7) is 2.06. The normalized spacial score (nSPS) is 24.6. The van der Waals surface area contributed by atoms with E-state index in [-0.39, 0.29) is 5.82 Å². The summed E-state index contributed by atoms with van der Waals surface area (Å²) in [4.78, 5) is 0. The fourth-order valence-corrected chi connectivity index (χ4v) is 5.18. The van der Waals surface area contributed by atoms with Crippen LogP contribution in [0.3, 0.4) is 0 Å². The number of aromatic nitrogens is 2. The summed E-state index contributed by atoms with van der Waals surface area (Å²) in [6, 6.07) is 9.79. The van der Waals surface area contributed by atoms with Gasteiger partial charge in [0.2, 0.25) is 0 Å². The zero-order chi connectivity index (χ0) is 21.8. The minimum Gasteiger partial charge on any atom is -0.389 e. The number of hydrogen-bond donors (Lipinski definition) is 1. The third kappa shape index (κ3) is 3.21. The lowest BCUT2D eigenvalue weighted by Gasteiger charge is -2.42. The largest absolute Gasteiger partial charge is 0.389 e. The van der Waals surface area contributed by atoms with E-state index in [0.29, 0.717) is 31.2 Å². The van der Waals surface area contributed by atoms with Crippen LogP contribution in [0, 0.1) is 22.9 Å². The molecule has 2 atom stereocenters. The van der Waals surface area contributed by atoms with Crippen molar-refractivity contribution < 1.29 is 18.3 Å². The van der Waals surface area contributed by atoms with Crippen molar-refractivity contribution >= 4 is 6.08 Å². The maximum Gasteiger partial charge on any atom is 0.129 e. The van der Waals surface area contributed by atoms with E-state index in [1.165, 1.54) is 24.3 Å². The minimum absolute atomic E-state index is 0.297. The molecule has 0 radical (unpaired) electrons. The standard InChI is InChI=1S/C25H23F3N2O/c1-24-14-17-15-29-30(21-6-4-19(26)5-7-21)23(17)12-18(24)9-11-25(24,31)10-8-16-2-3-20(27)13-22(16)28/h2-7,12-13,15,31H,8-11,14H2,1H3. The Balaban J connectivity index is 1.43. The molecule has 5 rings (SSSR count). The maximum absolute atomic E-state index is 14.1. The number of aryl methyl sites for hydroxylation is 1. The van der Waals surface area contributed by atoms with E-state index in [9.17, 15) is 18.3 Å². The van der Waals surface area contributed by atoms with Crippen molar-refractivity contribution in [2.75, 3.05) is 0 Å². The zero-order valence-electron chi connectivity index (χ0n) is 17.2. The number of rotatable bonds is 4. The minimum atomic E-state index is -0.991. The highest BCUT2D eigenvalue weighted by atomic mass is 19.1. The highest BCUT2D eigenvalue weighted by Crippen LogP contribution is 2.56. The second-order valence-electron chi connectivity index (χ2n) is 8.89. The fourth-order valence-electron chi connectivity index (χ4n) is 5.18. The van der Waals surface area contributed by atoms with Gasteiger partial charge in [0.1, 0.15) is 17.5 Å². The van der Waals surface area contributed by atoms with Gasteiger partial charge in [-0.1, -0.05) is 18.6 Å². The molecule has 2 aromatic carbocycles. The van der Waals surface area contributed by atoms with E-state index in [1.807, 2.05) is 0 Å². The molecule has 1 fully saturated rings. The van der Waals surface area contributed by atoms with Crippen LogP contribution in [0.4, 0.5) is 13.2 Å². The van der Waals surface area contributed by atoms with Crippen LogP contribution < -0.4 is 0 Å². The molecule has 1 saturated carbocycles. The average molecular weight is 424 g/mol. The Bertz CT molecular complexity index is 1180. The molecule has 1 N–H and O–H groups in total. The van der Waals surface area contributed by atoms with Gasteiger partial charge in [-0.25, -0.2) is 17.9 Å². The van der Waals surface area contributed by atoms with Crippen molar-refractivity contribution in [3.8, 4) is 5.69 Å². The van der Waals surface area contributed by atoms with Gasteiger partial charge in [0.25, 0.3) is 0 Å². The molecule has 2 aliphatic carbocycles. The number of fused-ring (bicyclic) bond motifs is 2. The van der Waals surface area contributed by atoms with Crippen LogP contribution in [0.2, 0.25) is 0 Å². The second kappa shape index (κ2) is 7.09. The molecule has 2 unspecified atom stereocenters. The van der Waals surface area contributed by atoms with Crippen molar-refractivity contribution in [2.24, 2.45) is 5.41 Å². The zero-order valence-corrected chi connectivity index (χ0v) is 17.2. The summed E-state index contributed by atoms with van der Waals surface area (Å²) in [5.41, 5.74) is 2.84. The van der Waals surface area contributed by atoms with Gasteiger partial charge in [-0.3, -0.25) is 0 Å². The van der Waals surface area contributed by atoms with Gasteiger partial charge in [0.05, 0.1) is 23.2 Å². The van der Waals surface area contributed by atoms with E-state index in [0.717, 1.165) is 35.0 Å². The average Bonchev–Trinajstić information content (AvgIpc) is 3.24. The van der Waals surface area contributed by atoms with Crippen LogP contribution in [0.1, 0.15) is 43.0 Å². The van der Waals surface area contributed by atoms with Crippen molar-refractivity contribution in [1.29, 1.82) is 0 Å². The van der Waals surface area contributed by atoms with Gasteiger partial charge in [-0.2, -0.15) is 5.10 Å². The number of hydrogen-bond acceptors (Lipinski definition) is 2. The molecule has 3 nitrogen and oxygen atoms in total. The van der Waals surface area contributed by atoms with Gasteiger partial charge in [-0.05, 0) is 79.6 Å². The Labute approximate surface area is 178 Å². The topological polar surface area (TPSA) is 38.0 Å². The molecule has 2 aliphatic rings. The van der Waals surface area contributed by atoms with Crippen molar-refractivity contribution in [1.82, 2.24) is 9.78 Å². The monoisotopic (exact) mass is 424 g/mol. The van der Waals surface area contributed by atoms with E-state index in [1.54, 1.807) is 23.0 Å². The fraction of sp³-hybridized carbons (Fsp3) is 0.320. The number of benzene rings is 2. The number of aliphatic hydroxyl groups is 1. The van der Waals surface area contributed by atoms with E-state index in [4.69, 9.17) is 0 Å². The summed E-state index contributed by atoms with van der Waals surface area (Å²) >= 11 is 0. The molecule has 0 spiro atoms. The van der Waals surface area contributed by atoms with E-state index in [2.05, 4.69) is 18.1 Å². The van der Waals surface area contributed by atoms with Crippen LogP contribution >= 0.6 is 0 Å². The molecule has 0 aliphatic heterocycles. The van der Waals surface area contributed by atoms with Gasteiger partial charge < -0.3 is 5.11 Å². The molecule has 3 aromatic rings. The lowest BCUT2D eigenvalue weighted by Crippen LogP contribution is -2.45. The summed E-state index contributed by atoms with van der Waals surface area (Å²) in [7, 11) is 0. The Morgan fingerprint density at radius 3 is 2.55 bits per heavy atom. The molecular weight excluding hydrogens is 401 g/mol. The highest BCUT2D eigenvalue weighted by Gasteiger charge is 2.54. The molecule has 0 bridgehead atoms. The van der Waals surface area contributed by atoms with Crippen LogP contribution in [0.5, 0.6) is 0 Å². The molecule has 1 heterocycles. The first-order valence-corrected chi connectivity index (χ1v) is 10.5. The molecule has 6 heteroatoms. The van der Waals surface area contributed by atoms with Crippen LogP contribution in [-0.2, 0) is 12.8 Å². The smallest absolute Gasteiger partial charge is 0.129 e. The summed E-state index contributed by atoms with van der Waals surface area (Å²) < 4.78 is 42.4. The SMILES string of the molecule is CC12Cc3cnn(-c4ccc(F)cc4)c3C=C1CCC2(O)CCc1ccc(F)cc1F. The molecule has 1 aromatic heterocycles. The molecular formula is C25H23F3N2O. The number of nitrogens with zero attached hydrogens (tertiary/aromatic N) is 2. The second-order valence-corrected chi connectivity index (χ2v) is 8.89. The van der Waals surface area contributed by atoms with E-state index < -0.39 is 22.7 Å². The van der Waals surface area contributed by atoms with Crippen molar-refractivity contribution in [3.63, 3.8) is 0 Å². The van der Waals surface area contributed by atoms with Crippen molar-refractivity contribution in [2.45, 2.75) is 44.6 Å².